The first-order valence-corrected chi connectivity index (χ1v) is 17.2. The van der Waals surface area contributed by atoms with Gasteiger partial charge in [-0.25, -0.2) is 0 Å². The van der Waals surface area contributed by atoms with Gasteiger partial charge in [0.05, 0.1) is 22.4 Å². The zero-order valence-electron chi connectivity index (χ0n) is 30.8. The summed E-state index contributed by atoms with van der Waals surface area (Å²) in [6.45, 7) is 16.7. The minimum absolute atomic E-state index is 0.118. The van der Waals surface area contributed by atoms with Gasteiger partial charge in [0, 0.05) is 25.1 Å². The smallest absolute Gasteiger partial charge is 0.468 e. The Balaban J connectivity index is 1.37. The molecule has 0 bridgehead atoms. The van der Waals surface area contributed by atoms with Crippen LogP contribution in [-0.4, -0.2) is 64.4 Å². The lowest BCUT2D eigenvalue weighted by molar-refractivity contribution is 0.00578. The molecule has 0 N–H and O–H groups in total. The van der Waals surface area contributed by atoms with Gasteiger partial charge in [-0.05, 0) is 111 Å². The number of hydrogen-bond acceptors (Lipinski definition) is 8. The summed E-state index contributed by atoms with van der Waals surface area (Å²) in [6.07, 6.45) is 0. The van der Waals surface area contributed by atoms with Crippen LogP contribution in [0.4, 0.5) is 0 Å². The van der Waals surface area contributed by atoms with Crippen LogP contribution >= 0.6 is 0 Å². The van der Waals surface area contributed by atoms with Gasteiger partial charge in [-0.1, -0.05) is 60.7 Å². The van der Waals surface area contributed by atoms with Gasteiger partial charge >= 0.3 is 14.2 Å². The SMILES string of the molecule is COCOc1ccc(-c2cccc3c2=c2c(-c4ccc(OCOC)c(B5OC(C)(C)C(C)(C)O5)c4)cccc2=3)cc1B1OC(C)(C)C(C)(C)O1. The lowest BCUT2D eigenvalue weighted by Crippen LogP contribution is -2.41. The molecule has 2 fully saturated rings. The normalized spacial score (nSPS) is 19.2. The molecule has 0 atom stereocenters. The Morgan fingerprint density at radius 3 is 1.20 bits per heavy atom. The third-order valence-corrected chi connectivity index (χ3v) is 11.0. The predicted molar refractivity (Wildman–Crippen MR) is 196 cm³/mol. The monoisotopic (exact) mass is 676 g/mol. The van der Waals surface area contributed by atoms with Crippen LogP contribution in [0.25, 0.3) is 22.3 Å². The van der Waals surface area contributed by atoms with Gasteiger partial charge in [0.1, 0.15) is 11.5 Å². The van der Waals surface area contributed by atoms with Crippen molar-refractivity contribution in [2.24, 2.45) is 0 Å². The third kappa shape index (κ3) is 5.76. The fraction of sp³-hybridized carbons (Fsp3) is 0.400. The van der Waals surface area contributed by atoms with E-state index < -0.39 is 36.6 Å². The Labute approximate surface area is 295 Å². The van der Waals surface area contributed by atoms with Crippen molar-refractivity contribution in [3.63, 3.8) is 0 Å². The van der Waals surface area contributed by atoms with Gasteiger partial charge in [0.25, 0.3) is 0 Å². The van der Waals surface area contributed by atoms with Crippen LogP contribution in [0, 0.1) is 20.9 Å². The molecule has 50 heavy (non-hydrogen) atoms. The number of fused-ring (bicyclic) bond motifs is 2. The van der Waals surface area contributed by atoms with E-state index in [0.717, 1.165) is 33.2 Å². The molecule has 260 valence electrons. The van der Waals surface area contributed by atoms with Crippen molar-refractivity contribution < 1.29 is 37.6 Å². The van der Waals surface area contributed by atoms with E-state index in [1.165, 1.54) is 20.9 Å². The van der Waals surface area contributed by atoms with Gasteiger partial charge in [0.15, 0.2) is 13.6 Å². The molecule has 2 saturated heterocycles. The molecule has 8 nitrogen and oxygen atoms in total. The molecule has 0 amide bonds. The average molecular weight is 676 g/mol. The summed E-state index contributed by atoms with van der Waals surface area (Å²) in [4.78, 5) is 0. The molecule has 0 saturated carbocycles. The van der Waals surface area contributed by atoms with Crippen LogP contribution in [0.3, 0.4) is 0 Å². The first-order chi connectivity index (χ1) is 23.7. The minimum Gasteiger partial charge on any atom is -0.468 e. The van der Waals surface area contributed by atoms with Crippen molar-refractivity contribution in [2.75, 3.05) is 27.8 Å². The molecule has 0 unspecified atom stereocenters. The maximum absolute atomic E-state index is 6.49. The molecule has 7 rings (SSSR count). The minimum atomic E-state index is -0.600. The summed E-state index contributed by atoms with van der Waals surface area (Å²) in [5.41, 5.74) is 3.95. The van der Waals surface area contributed by atoms with Gasteiger partial charge in [0.2, 0.25) is 0 Å². The zero-order chi connectivity index (χ0) is 35.6. The Bertz CT molecular complexity index is 1960. The second kappa shape index (κ2) is 12.5. The molecule has 0 spiro atoms. The number of methoxy groups -OCH3 is 2. The molecule has 0 aromatic heterocycles. The largest absolute Gasteiger partial charge is 0.498 e. The van der Waals surface area contributed by atoms with E-state index >= 15 is 0 Å². The van der Waals surface area contributed by atoms with Crippen molar-refractivity contribution in [1.82, 2.24) is 0 Å². The fourth-order valence-electron chi connectivity index (χ4n) is 6.76. The molecular formula is C40H46B2O8. The van der Waals surface area contributed by atoms with Crippen LogP contribution in [-0.2, 0) is 28.1 Å². The molecule has 3 aliphatic rings. The predicted octanol–water partition coefficient (Wildman–Crippen LogP) is 6.47. The van der Waals surface area contributed by atoms with Crippen LogP contribution in [0.2, 0.25) is 0 Å². The van der Waals surface area contributed by atoms with Crippen molar-refractivity contribution in [1.29, 1.82) is 0 Å². The van der Waals surface area contributed by atoms with E-state index in [4.69, 9.17) is 37.6 Å². The highest BCUT2D eigenvalue weighted by Crippen LogP contribution is 2.40. The lowest BCUT2D eigenvalue weighted by Gasteiger charge is -2.32. The Kier molecular flexibility index (Phi) is 8.73. The summed E-state index contributed by atoms with van der Waals surface area (Å²) in [7, 11) is 2.02. The van der Waals surface area contributed by atoms with E-state index in [-0.39, 0.29) is 13.6 Å². The second-order valence-electron chi connectivity index (χ2n) is 15.2. The molecule has 2 aliphatic heterocycles. The van der Waals surface area contributed by atoms with E-state index in [0.29, 0.717) is 11.5 Å². The Hall–Kier alpha value is -3.63. The van der Waals surface area contributed by atoms with Crippen molar-refractivity contribution >= 4 is 25.2 Å². The Morgan fingerprint density at radius 1 is 0.500 bits per heavy atom. The average Bonchev–Trinajstić information content (AvgIpc) is 3.43. The molecule has 4 aromatic rings. The summed E-state index contributed by atoms with van der Waals surface area (Å²) in [5.74, 6) is 1.33. The highest BCUT2D eigenvalue weighted by molar-refractivity contribution is 6.63. The van der Waals surface area contributed by atoms with E-state index in [2.05, 4.69) is 116 Å². The van der Waals surface area contributed by atoms with Gasteiger partial charge < -0.3 is 37.6 Å². The summed E-state index contributed by atoms with van der Waals surface area (Å²) in [5, 5.41) is 4.81. The number of ether oxygens (including phenoxy) is 4. The number of rotatable bonds is 10. The first-order valence-electron chi connectivity index (χ1n) is 17.2. The van der Waals surface area contributed by atoms with E-state index in [1.807, 2.05) is 12.1 Å². The van der Waals surface area contributed by atoms with Gasteiger partial charge in [-0.15, -0.1) is 0 Å². The first kappa shape index (κ1) is 34.8. The zero-order valence-corrected chi connectivity index (χ0v) is 30.8. The quantitative estimate of drug-likeness (QED) is 0.123. The fourth-order valence-corrected chi connectivity index (χ4v) is 6.76. The molecule has 4 aromatic carbocycles. The van der Waals surface area contributed by atoms with Gasteiger partial charge in [-0.3, -0.25) is 0 Å². The molecular weight excluding hydrogens is 630 g/mol. The van der Waals surface area contributed by atoms with Crippen molar-refractivity contribution in [3.05, 3.63) is 93.7 Å². The van der Waals surface area contributed by atoms with Crippen LogP contribution in [0.15, 0.2) is 72.8 Å². The topological polar surface area (TPSA) is 73.8 Å². The van der Waals surface area contributed by atoms with Crippen LogP contribution in [0.5, 0.6) is 11.5 Å². The van der Waals surface area contributed by atoms with Crippen molar-refractivity contribution in [3.8, 4) is 33.8 Å². The van der Waals surface area contributed by atoms with Crippen LogP contribution < -0.4 is 20.4 Å². The van der Waals surface area contributed by atoms with Crippen LogP contribution in [0.1, 0.15) is 55.4 Å². The summed E-state index contributed by atoms with van der Waals surface area (Å²) < 4.78 is 48.5. The standard InChI is InChI=1S/C40H46B2O8/c1-37(2)38(3,4)48-41(47-37)31-21-25(17-19-33(31)45-23-43-9)27-13-11-15-29-30-16-12-14-28(36(30)35(27)29)26-18-20-34(46-24-44-10)32(22-26)42-49-39(5,6)40(7,8)50-42/h11-22H,23-24H2,1-10H3. The molecule has 2 heterocycles. The second-order valence-corrected chi connectivity index (χ2v) is 15.2. The summed E-state index contributed by atoms with van der Waals surface area (Å²) >= 11 is 0. The number of hydrogen-bond donors (Lipinski definition) is 0. The molecule has 10 heteroatoms. The molecule has 1 aliphatic carbocycles. The van der Waals surface area contributed by atoms with E-state index in [9.17, 15) is 0 Å². The maximum Gasteiger partial charge on any atom is 0.498 e. The summed E-state index contributed by atoms with van der Waals surface area (Å²) in [6, 6.07) is 25.4. The highest BCUT2D eigenvalue weighted by atomic mass is 16.7. The van der Waals surface area contributed by atoms with Crippen molar-refractivity contribution in [2.45, 2.75) is 77.8 Å². The van der Waals surface area contributed by atoms with Gasteiger partial charge in [-0.2, -0.15) is 0 Å². The third-order valence-electron chi connectivity index (χ3n) is 11.0. The molecule has 0 radical (unpaired) electrons. The maximum atomic E-state index is 6.49. The van der Waals surface area contributed by atoms with E-state index in [1.54, 1.807) is 14.2 Å². The number of benzene rings is 4. The Morgan fingerprint density at radius 2 is 0.860 bits per heavy atom. The highest BCUT2D eigenvalue weighted by Gasteiger charge is 2.53. The lowest BCUT2D eigenvalue weighted by atomic mass is 9.76.